The predicted molar refractivity (Wildman–Crippen MR) is 211 cm³/mol. The third-order valence-corrected chi connectivity index (χ3v) is 9.08. The topological polar surface area (TPSA) is 111 Å². The van der Waals surface area contributed by atoms with Gasteiger partial charge >= 0.3 is 12.1 Å². The minimum atomic E-state index is -4.46. The van der Waals surface area contributed by atoms with Gasteiger partial charge in [0.15, 0.2) is 0 Å². The Morgan fingerprint density at radius 3 is 1.96 bits per heavy atom. The number of hydrogen-bond donors (Lipinski definition) is 1. The Morgan fingerprint density at radius 2 is 1.39 bits per heavy atom. The second-order valence-electron chi connectivity index (χ2n) is 13.1. The van der Waals surface area contributed by atoms with Crippen molar-refractivity contribution in [3.8, 4) is 11.1 Å². The Bertz CT molecular complexity index is 1860. The maximum absolute atomic E-state index is 13.3. The fraction of sp³-hybridized carbons (Fsp3) is 0.364. The maximum Gasteiger partial charge on any atom is 0.416 e. The molecule has 1 fully saturated rings. The average molecular weight is 777 g/mol. The van der Waals surface area contributed by atoms with Crippen molar-refractivity contribution in [1.82, 2.24) is 4.90 Å². The van der Waals surface area contributed by atoms with E-state index in [2.05, 4.69) is 10.1 Å². The van der Waals surface area contributed by atoms with Crippen molar-refractivity contribution >= 4 is 29.8 Å². The molecular formula is C44H51F3N2O7. The lowest BCUT2D eigenvalue weighted by atomic mass is 9.83. The Hall–Kier alpha value is -5.33. The average Bonchev–Trinajstić information content (AvgIpc) is 3.22. The van der Waals surface area contributed by atoms with Crippen LogP contribution >= 0.6 is 0 Å². The molecule has 9 nitrogen and oxygen atoms in total. The van der Waals surface area contributed by atoms with E-state index in [1.165, 1.54) is 12.1 Å². The van der Waals surface area contributed by atoms with Gasteiger partial charge in [0.25, 0.3) is 11.8 Å². The molecule has 12 heteroatoms. The van der Waals surface area contributed by atoms with Crippen LogP contribution in [0.4, 0.5) is 18.9 Å². The van der Waals surface area contributed by atoms with E-state index >= 15 is 0 Å². The molecule has 4 aromatic rings. The van der Waals surface area contributed by atoms with Gasteiger partial charge in [-0.25, -0.2) is 0 Å². The molecule has 0 bridgehead atoms. The number of halogens is 3. The number of anilines is 1. The number of nitrogens with one attached hydrogen (secondary N) is 1. The quantitative estimate of drug-likeness (QED) is 0.113. The number of likely N-dealkylation sites (tertiary alicyclic amines) is 1. The summed E-state index contributed by atoms with van der Waals surface area (Å²) in [5, 5.41) is 2.81. The Morgan fingerprint density at radius 1 is 0.768 bits per heavy atom. The van der Waals surface area contributed by atoms with E-state index in [1.54, 1.807) is 68.5 Å². The predicted octanol–water partition coefficient (Wildman–Crippen LogP) is 8.80. The van der Waals surface area contributed by atoms with Gasteiger partial charge in [0.2, 0.25) is 0 Å². The third kappa shape index (κ3) is 12.6. The number of alkyl halides is 3. The Labute approximate surface area is 327 Å². The highest BCUT2D eigenvalue weighted by Gasteiger charge is 2.37. The zero-order valence-electron chi connectivity index (χ0n) is 32.6. The molecule has 1 heterocycles. The molecule has 0 aromatic heterocycles. The molecule has 5 rings (SSSR count). The fourth-order valence-electron chi connectivity index (χ4n) is 5.97. The van der Waals surface area contributed by atoms with Gasteiger partial charge in [0.1, 0.15) is 11.7 Å². The van der Waals surface area contributed by atoms with E-state index in [4.69, 9.17) is 9.47 Å². The van der Waals surface area contributed by atoms with Crippen molar-refractivity contribution < 1.29 is 46.6 Å². The second-order valence-corrected chi connectivity index (χ2v) is 13.1. The number of hydrogen-bond acceptors (Lipinski definition) is 7. The van der Waals surface area contributed by atoms with E-state index in [0.29, 0.717) is 54.2 Å². The highest BCUT2D eigenvalue weighted by atomic mass is 19.4. The van der Waals surface area contributed by atoms with Crippen LogP contribution in [0, 0.1) is 0 Å². The lowest BCUT2D eigenvalue weighted by Crippen LogP contribution is -2.38. The largest absolute Gasteiger partial charge is 0.465 e. The van der Waals surface area contributed by atoms with Crippen LogP contribution in [0.1, 0.15) is 77.4 Å². The van der Waals surface area contributed by atoms with Crippen LogP contribution in [-0.2, 0) is 41.8 Å². The zero-order chi connectivity index (χ0) is 41.1. The molecule has 300 valence electrons. The Balaban J connectivity index is 0.000000349. The first kappa shape index (κ1) is 45.1. The molecule has 1 atom stereocenters. The standard InChI is InChI=1S/C28H25F3N2O3.C13H18O3.C3H8O/c29-28(30,31)21-11-9-20(10-12-21)22-6-2-3-7-23(22)26(35)32-25-13-8-19(14-17-34)18-24(25)27(36)33-15-4-1-5-16-33;1-4-16-12(14)13(2,10-15-3)11-8-6-5-7-9-11;1-3-4-2/h2-3,6-13,17-18H,1,4-5,14-16H2,(H,32,35);5-9H,4,10H2,1-3H3;3H2,1-2H3. The maximum atomic E-state index is 13.3. The van der Waals surface area contributed by atoms with E-state index in [-0.39, 0.29) is 23.9 Å². The van der Waals surface area contributed by atoms with E-state index < -0.39 is 23.1 Å². The molecule has 0 radical (unpaired) electrons. The number of amides is 2. The van der Waals surface area contributed by atoms with Crippen LogP contribution in [0.25, 0.3) is 11.1 Å². The number of carbonyl (C=O) groups excluding carboxylic acids is 4. The first-order valence-corrected chi connectivity index (χ1v) is 18.5. The minimum Gasteiger partial charge on any atom is -0.465 e. The monoisotopic (exact) mass is 776 g/mol. The Kier molecular flexibility index (Phi) is 17.9. The number of esters is 1. The molecule has 1 aliphatic heterocycles. The summed E-state index contributed by atoms with van der Waals surface area (Å²) in [6, 6.07) is 25.7. The number of carbonyl (C=O) groups is 4. The molecule has 56 heavy (non-hydrogen) atoms. The van der Waals surface area contributed by atoms with Gasteiger partial charge in [0, 0.05) is 45.9 Å². The van der Waals surface area contributed by atoms with Crippen LogP contribution in [0.5, 0.6) is 0 Å². The summed E-state index contributed by atoms with van der Waals surface area (Å²) in [7, 11) is 3.26. The second kappa shape index (κ2) is 22.3. The van der Waals surface area contributed by atoms with Crippen molar-refractivity contribution in [3.05, 3.63) is 125 Å². The van der Waals surface area contributed by atoms with Crippen LogP contribution in [0.2, 0.25) is 0 Å². The highest BCUT2D eigenvalue weighted by molar-refractivity contribution is 6.12. The van der Waals surface area contributed by atoms with E-state index in [1.807, 2.05) is 44.2 Å². The van der Waals surface area contributed by atoms with E-state index in [9.17, 15) is 32.3 Å². The van der Waals surface area contributed by atoms with Crippen molar-refractivity contribution in [1.29, 1.82) is 0 Å². The van der Waals surface area contributed by atoms with Crippen LogP contribution in [0.3, 0.4) is 0 Å². The fourth-order valence-corrected chi connectivity index (χ4v) is 5.97. The molecule has 1 saturated heterocycles. The summed E-state index contributed by atoms with van der Waals surface area (Å²) in [5.74, 6) is -0.960. The first-order valence-electron chi connectivity index (χ1n) is 18.5. The molecule has 0 aliphatic carbocycles. The van der Waals surface area contributed by atoms with Gasteiger partial charge < -0.3 is 29.2 Å². The molecule has 4 aromatic carbocycles. The normalized spacial score (nSPS) is 13.5. The summed E-state index contributed by atoms with van der Waals surface area (Å²) >= 11 is 0. The summed E-state index contributed by atoms with van der Waals surface area (Å²) in [6.45, 7) is 8.36. The van der Waals surface area contributed by atoms with E-state index in [0.717, 1.165) is 49.9 Å². The highest BCUT2D eigenvalue weighted by Crippen LogP contribution is 2.32. The van der Waals surface area contributed by atoms with Crippen molar-refractivity contribution in [2.75, 3.05) is 52.4 Å². The van der Waals surface area contributed by atoms with Gasteiger partial charge in [0.05, 0.1) is 30.0 Å². The smallest absolute Gasteiger partial charge is 0.416 e. The minimum absolute atomic E-state index is 0.144. The molecule has 1 aliphatic rings. The van der Waals surface area contributed by atoms with Crippen molar-refractivity contribution in [2.24, 2.45) is 0 Å². The number of benzene rings is 4. The van der Waals surface area contributed by atoms with Gasteiger partial charge in [-0.2, -0.15) is 13.2 Å². The van der Waals surface area contributed by atoms with Crippen LogP contribution in [-0.4, -0.2) is 76.1 Å². The SMILES string of the molecule is CCOC.CCOC(=O)C(C)(COC)c1ccccc1.O=CCc1ccc(NC(=O)c2ccccc2-c2ccc(C(F)(F)F)cc2)c(C(=O)N2CCCCC2)c1. The molecule has 1 unspecified atom stereocenters. The molecular weight excluding hydrogens is 725 g/mol. The number of ether oxygens (including phenoxy) is 3. The summed E-state index contributed by atoms with van der Waals surface area (Å²) < 4.78 is 53.7. The molecule has 0 saturated carbocycles. The molecule has 1 N–H and O–H groups in total. The lowest BCUT2D eigenvalue weighted by Gasteiger charge is -2.27. The number of nitrogens with zero attached hydrogens (tertiary/aromatic N) is 1. The van der Waals surface area contributed by atoms with Gasteiger partial charge in [-0.15, -0.1) is 0 Å². The third-order valence-electron chi connectivity index (χ3n) is 9.08. The van der Waals surface area contributed by atoms with Crippen molar-refractivity contribution in [3.63, 3.8) is 0 Å². The number of rotatable bonds is 12. The number of piperidine rings is 1. The van der Waals surface area contributed by atoms with Gasteiger partial charge in [-0.1, -0.05) is 66.7 Å². The summed E-state index contributed by atoms with van der Waals surface area (Å²) in [5.41, 5.74) is 1.86. The summed E-state index contributed by atoms with van der Waals surface area (Å²) in [6.07, 6.45) is -0.694. The van der Waals surface area contributed by atoms with Crippen LogP contribution in [0.15, 0.2) is 97.1 Å². The number of methoxy groups -OCH3 is 2. The summed E-state index contributed by atoms with van der Waals surface area (Å²) in [4.78, 5) is 51.3. The first-order chi connectivity index (χ1) is 26.8. The molecule has 2 amide bonds. The van der Waals surface area contributed by atoms with Gasteiger partial charge in [-0.05, 0) is 92.6 Å². The zero-order valence-corrected chi connectivity index (χ0v) is 32.6. The lowest BCUT2D eigenvalue weighted by molar-refractivity contribution is -0.151. The molecule has 0 spiro atoms. The van der Waals surface area contributed by atoms with Gasteiger partial charge in [-0.3, -0.25) is 14.4 Å². The van der Waals surface area contributed by atoms with Crippen molar-refractivity contribution in [2.45, 2.75) is 58.0 Å². The van der Waals surface area contributed by atoms with Crippen LogP contribution < -0.4 is 5.32 Å². The number of aldehydes is 1.